The van der Waals surface area contributed by atoms with Crippen LogP contribution in [0.15, 0.2) is 30.3 Å². The maximum absolute atomic E-state index is 11.0. The SMILES string of the molecule is O=C(/C=C/c1ccc(N[C@]2(CC3CCCCC3)CCNC2)cc1)NO. The van der Waals surface area contributed by atoms with Gasteiger partial charge < -0.3 is 10.6 Å². The van der Waals surface area contributed by atoms with E-state index in [4.69, 9.17) is 5.21 Å². The Balaban J connectivity index is 1.63. The lowest BCUT2D eigenvalue weighted by Gasteiger charge is -2.36. The second kappa shape index (κ2) is 8.50. The van der Waals surface area contributed by atoms with Crippen LogP contribution in [0.2, 0.25) is 0 Å². The molecule has 2 fully saturated rings. The topological polar surface area (TPSA) is 73.4 Å². The van der Waals surface area contributed by atoms with Gasteiger partial charge in [0, 0.05) is 18.3 Å². The molecule has 1 aromatic rings. The minimum absolute atomic E-state index is 0.163. The van der Waals surface area contributed by atoms with E-state index in [0.717, 1.165) is 30.3 Å². The predicted molar refractivity (Wildman–Crippen MR) is 100 cm³/mol. The lowest BCUT2D eigenvalue weighted by Crippen LogP contribution is -2.42. The van der Waals surface area contributed by atoms with E-state index in [1.807, 2.05) is 12.1 Å². The van der Waals surface area contributed by atoms with Crippen molar-refractivity contribution in [2.75, 3.05) is 18.4 Å². The highest BCUT2D eigenvalue weighted by atomic mass is 16.5. The van der Waals surface area contributed by atoms with Crippen molar-refractivity contribution in [1.29, 1.82) is 0 Å². The van der Waals surface area contributed by atoms with Gasteiger partial charge in [0.1, 0.15) is 0 Å². The van der Waals surface area contributed by atoms with Crippen molar-refractivity contribution in [1.82, 2.24) is 10.8 Å². The number of carbonyl (C=O) groups excluding carboxylic acids is 1. The van der Waals surface area contributed by atoms with Gasteiger partial charge in [0.2, 0.25) is 0 Å². The van der Waals surface area contributed by atoms with Crippen LogP contribution in [0.3, 0.4) is 0 Å². The monoisotopic (exact) mass is 343 g/mol. The van der Waals surface area contributed by atoms with Gasteiger partial charge in [-0.2, -0.15) is 0 Å². The van der Waals surface area contributed by atoms with Gasteiger partial charge in [-0.15, -0.1) is 0 Å². The summed E-state index contributed by atoms with van der Waals surface area (Å²) in [6.07, 6.45) is 12.3. The molecule has 0 unspecified atom stereocenters. The molecule has 1 aliphatic carbocycles. The lowest BCUT2D eigenvalue weighted by atomic mass is 9.78. The van der Waals surface area contributed by atoms with Gasteiger partial charge in [-0.1, -0.05) is 44.2 Å². The van der Waals surface area contributed by atoms with Crippen molar-refractivity contribution in [3.63, 3.8) is 0 Å². The Morgan fingerprint density at radius 1 is 1.24 bits per heavy atom. The minimum atomic E-state index is -0.523. The molecule has 136 valence electrons. The first-order valence-corrected chi connectivity index (χ1v) is 9.40. The molecule has 0 bridgehead atoms. The van der Waals surface area contributed by atoms with Gasteiger partial charge in [-0.25, -0.2) is 5.48 Å². The van der Waals surface area contributed by atoms with Crippen LogP contribution in [0.1, 0.15) is 50.5 Å². The van der Waals surface area contributed by atoms with Gasteiger partial charge in [-0.05, 0) is 49.1 Å². The first-order valence-electron chi connectivity index (χ1n) is 9.40. The molecule has 1 saturated carbocycles. The Bertz CT molecular complexity index is 585. The van der Waals surface area contributed by atoms with Crippen molar-refractivity contribution in [3.8, 4) is 0 Å². The van der Waals surface area contributed by atoms with Crippen LogP contribution in [-0.4, -0.2) is 29.7 Å². The first-order chi connectivity index (χ1) is 12.2. The molecule has 4 N–H and O–H groups in total. The molecule has 1 aliphatic heterocycles. The third-order valence-electron chi connectivity index (χ3n) is 5.51. The van der Waals surface area contributed by atoms with Crippen LogP contribution in [-0.2, 0) is 4.79 Å². The number of hydrogen-bond donors (Lipinski definition) is 4. The quantitative estimate of drug-likeness (QED) is 0.363. The maximum atomic E-state index is 11.0. The average Bonchev–Trinajstić information content (AvgIpc) is 3.09. The number of hydrogen-bond acceptors (Lipinski definition) is 4. The van der Waals surface area contributed by atoms with Gasteiger partial charge in [0.15, 0.2) is 0 Å². The molecule has 2 aliphatic rings. The Morgan fingerprint density at radius 3 is 2.64 bits per heavy atom. The fourth-order valence-electron chi connectivity index (χ4n) is 4.21. The Hall–Kier alpha value is -1.85. The number of nitrogens with one attached hydrogen (secondary N) is 3. The summed E-state index contributed by atoms with van der Waals surface area (Å²) in [5.74, 6) is 0.325. The van der Waals surface area contributed by atoms with Crippen LogP contribution in [0.5, 0.6) is 0 Å². The van der Waals surface area contributed by atoms with E-state index in [1.54, 1.807) is 11.6 Å². The largest absolute Gasteiger partial charge is 0.378 e. The summed E-state index contributed by atoms with van der Waals surface area (Å²) in [5.41, 5.74) is 3.81. The zero-order valence-electron chi connectivity index (χ0n) is 14.8. The van der Waals surface area contributed by atoms with Gasteiger partial charge >= 0.3 is 0 Å². The summed E-state index contributed by atoms with van der Waals surface area (Å²) in [4.78, 5) is 11.0. The van der Waals surface area contributed by atoms with Gasteiger partial charge in [-0.3, -0.25) is 10.0 Å². The highest BCUT2D eigenvalue weighted by Crippen LogP contribution is 2.35. The zero-order chi connectivity index (χ0) is 17.5. The summed E-state index contributed by atoms with van der Waals surface area (Å²) < 4.78 is 0. The van der Waals surface area contributed by atoms with E-state index < -0.39 is 5.91 Å². The van der Waals surface area contributed by atoms with E-state index in [1.165, 1.54) is 51.0 Å². The predicted octanol–water partition coefficient (Wildman–Crippen LogP) is 3.32. The molecule has 1 atom stereocenters. The molecule has 5 nitrogen and oxygen atoms in total. The van der Waals surface area contributed by atoms with Crippen LogP contribution in [0.25, 0.3) is 6.08 Å². The van der Waals surface area contributed by atoms with E-state index in [0.29, 0.717) is 0 Å². The lowest BCUT2D eigenvalue weighted by molar-refractivity contribution is -0.124. The second-order valence-electron chi connectivity index (χ2n) is 7.47. The van der Waals surface area contributed by atoms with E-state index in [2.05, 4.69) is 22.8 Å². The summed E-state index contributed by atoms with van der Waals surface area (Å²) >= 11 is 0. The first kappa shape index (κ1) is 18.0. The highest BCUT2D eigenvalue weighted by Gasteiger charge is 2.36. The van der Waals surface area contributed by atoms with Crippen LogP contribution >= 0.6 is 0 Å². The van der Waals surface area contributed by atoms with Crippen molar-refractivity contribution >= 4 is 17.7 Å². The summed E-state index contributed by atoms with van der Waals surface area (Å²) in [7, 11) is 0. The molecule has 1 aromatic carbocycles. The Kier molecular flexibility index (Phi) is 6.10. The second-order valence-corrected chi connectivity index (χ2v) is 7.47. The number of rotatable bonds is 6. The fraction of sp³-hybridized carbons (Fsp3) is 0.550. The van der Waals surface area contributed by atoms with E-state index in [-0.39, 0.29) is 5.54 Å². The molecule has 0 spiro atoms. The standard InChI is InChI=1S/C20H29N3O2/c24-19(23-25)11-8-16-6-9-18(10-7-16)22-20(12-13-21-15-20)14-17-4-2-1-3-5-17/h6-11,17,21-22,25H,1-5,12-15H2,(H,23,24)/b11-8+/t20-/m0/s1. The molecule has 0 aromatic heterocycles. The third kappa shape index (κ3) is 5.06. The third-order valence-corrected chi connectivity index (χ3v) is 5.51. The highest BCUT2D eigenvalue weighted by molar-refractivity contribution is 5.90. The molecule has 1 heterocycles. The maximum Gasteiger partial charge on any atom is 0.267 e. The van der Waals surface area contributed by atoms with Crippen LogP contribution < -0.4 is 16.1 Å². The molecular formula is C20H29N3O2. The summed E-state index contributed by atoms with van der Waals surface area (Å²) in [6.45, 7) is 2.11. The van der Waals surface area contributed by atoms with Crippen molar-refractivity contribution in [2.24, 2.45) is 5.92 Å². The molecule has 5 heteroatoms. The molecule has 0 radical (unpaired) electrons. The van der Waals surface area contributed by atoms with E-state index >= 15 is 0 Å². The number of anilines is 1. The van der Waals surface area contributed by atoms with Gasteiger partial charge in [0.05, 0.1) is 5.54 Å². The Labute approximate surface area is 149 Å². The molecule has 25 heavy (non-hydrogen) atoms. The molecular weight excluding hydrogens is 314 g/mol. The molecule has 1 saturated heterocycles. The number of hydroxylamine groups is 1. The average molecular weight is 343 g/mol. The van der Waals surface area contributed by atoms with Crippen molar-refractivity contribution in [2.45, 2.75) is 50.5 Å². The van der Waals surface area contributed by atoms with Crippen molar-refractivity contribution < 1.29 is 10.0 Å². The Morgan fingerprint density at radius 2 is 2.00 bits per heavy atom. The van der Waals surface area contributed by atoms with E-state index in [9.17, 15) is 4.79 Å². The summed E-state index contributed by atoms with van der Waals surface area (Å²) in [5, 5.41) is 15.8. The minimum Gasteiger partial charge on any atom is -0.378 e. The smallest absolute Gasteiger partial charge is 0.267 e. The normalized spacial score (nSPS) is 24.5. The van der Waals surface area contributed by atoms with Crippen LogP contribution in [0.4, 0.5) is 5.69 Å². The number of carbonyl (C=O) groups is 1. The molecule has 3 rings (SSSR count). The van der Waals surface area contributed by atoms with Crippen LogP contribution in [0, 0.1) is 5.92 Å². The van der Waals surface area contributed by atoms with Gasteiger partial charge in [0.25, 0.3) is 5.91 Å². The molecule has 1 amide bonds. The zero-order valence-corrected chi connectivity index (χ0v) is 14.8. The number of amides is 1. The van der Waals surface area contributed by atoms with Crippen molar-refractivity contribution in [3.05, 3.63) is 35.9 Å². The fourth-order valence-corrected chi connectivity index (χ4v) is 4.21. The number of benzene rings is 1. The summed E-state index contributed by atoms with van der Waals surface area (Å²) in [6, 6.07) is 8.11.